The molecule has 1 fully saturated rings. The highest BCUT2D eigenvalue weighted by Crippen LogP contribution is 2.22. The Bertz CT molecular complexity index is 445. The first-order valence-electron chi connectivity index (χ1n) is 5.76. The Labute approximate surface area is 116 Å². The fraction of sp³-hybridized carbons (Fsp3) is 0.455. The van der Waals surface area contributed by atoms with E-state index in [9.17, 15) is 0 Å². The molecule has 0 unspecified atom stereocenters. The molecule has 1 aromatic rings. The molecule has 1 aliphatic rings. The maximum atomic E-state index is 5.97. The van der Waals surface area contributed by atoms with E-state index in [0.717, 1.165) is 0 Å². The van der Waals surface area contributed by atoms with Gasteiger partial charge in [0.25, 0.3) is 0 Å². The number of nitrogens with one attached hydrogen (secondary N) is 2. The van der Waals surface area contributed by atoms with E-state index in [4.69, 9.17) is 28.9 Å². The van der Waals surface area contributed by atoms with Crippen LogP contribution in [0.5, 0.6) is 0 Å². The minimum atomic E-state index is 0.495. The van der Waals surface area contributed by atoms with Crippen molar-refractivity contribution in [1.82, 2.24) is 10.3 Å². The van der Waals surface area contributed by atoms with Crippen LogP contribution in [0.2, 0.25) is 10.0 Å². The number of guanidine groups is 1. The maximum Gasteiger partial charge on any atom is 0.188 e. The summed E-state index contributed by atoms with van der Waals surface area (Å²) in [5, 5.41) is 7.20. The SMILES string of the molecule is NC(=NCCNc1ncc(Cl)cc1Cl)NC1CC1. The molecular weight excluding hydrogens is 273 g/mol. The normalized spacial score (nSPS) is 15.6. The van der Waals surface area contributed by atoms with Gasteiger partial charge in [-0.25, -0.2) is 4.98 Å². The number of hydrogen-bond acceptors (Lipinski definition) is 3. The molecule has 18 heavy (non-hydrogen) atoms. The van der Waals surface area contributed by atoms with Crippen molar-refractivity contribution in [1.29, 1.82) is 0 Å². The molecule has 0 atom stereocenters. The first kappa shape index (κ1) is 13.2. The second kappa shape index (κ2) is 6.11. The van der Waals surface area contributed by atoms with E-state index >= 15 is 0 Å². The van der Waals surface area contributed by atoms with Gasteiger partial charge >= 0.3 is 0 Å². The van der Waals surface area contributed by atoms with E-state index in [1.165, 1.54) is 12.8 Å². The van der Waals surface area contributed by atoms with Crippen LogP contribution >= 0.6 is 23.2 Å². The Hall–Kier alpha value is -1.20. The van der Waals surface area contributed by atoms with Crippen LogP contribution in [-0.2, 0) is 0 Å². The first-order valence-corrected chi connectivity index (χ1v) is 6.52. The lowest BCUT2D eigenvalue weighted by atomic mass is 10.4. The number of rotatable bonds is 5. The Morgan fingerprint density at radius 2 is 2.28 bits per heavy atom. The highest BCUT2D eigenvalue weighted by Gasteiger charge is 2.21. The second-order valence-electron chi connectivity index (χ2n) is 4.10. The van der Waals surface area contributed by atoms with Crippen molar-refractivity contribution in [3.05, 3.63) is 22.3 Å². The molecule has 0 aromatic carbocycles. The summed E-state index contributed by atoms with van der Waals surface area (Å²) in [5.74, 6) is 1.10. The van der Waals surface area contributed by atoms with Gasteiger partial charge in [0.1, 0.15) is 5.82 Å². The first-order chi connectivity index (χ1) is 8.65. The minimum Gasteiger partial charge on any atom is -0.370 e. The summed E-state index contributed by atoms with van der Waals surface area (Å²) in [6, 6.07) is 2.17. The van der Waals surface area contributed by atoms with Gasteiger partial charge in [0.15, 0.2) is 5.96 Å². The number of hydrogen-bond donors (Lipinski definition) is 3. The molecule has 1 heterocycles. The monoisotopic (exact) mass is 287 g/mol. The van der Waals surface area contributed by atoms with Gasteiger partial charge in [-0.3, -0.25) is 4.99 Å². The standard InChI is InChI=1S/C11H15Cl2N5/c12-7-5-9(13)10(17-6-7)15-3-4-16-11(14)18-8-1-2-8/h5-6,8H,1-4H2,(H,15,17)(H3,14,16,18). The van der Waals surface area contributed by atoms with Crippen molar-refractivity contribution in [3.8, 4) is 0 Å². The van der Waals surface area contributed by atoms with Crippen LogP contribution in [0, 0.1) is 0 Å². The molecule has 98 valence electrons. The third-order valence-electron chi connectivity index (χ3n) is 2.42. The van der Waals surface area contributed by atoms with Crippen molar-refractivity contribution in [3.63, 3.8) is 0 Å². The summed E-state index contributed by atoms with van der Waals surface area (Å²) in [6.07, 6.45) is 3.90. The summed E-state index contributed by atoms with van der Waals surface area (Å²) in [4.78, 5) is 8.27. The average Bonchev–Trinajstić information content (AvgIpc) is 3.10. The zero-order chi connectivity index (χ0) is 13.0. The van der Waals surface area contributed by atoms with Gasteiger partial charge in [0.05, 0.1) is 16.6 Å². The minimum absolute atomic E-state index is 0.495. The predicted molar refractivity (Wildman–Crippen MR) is 75.4 cm³/mol. The van der Waals surface area contributed by atoms with Crippen molar-refractivity contribution in [2.24, 2.45) is 10.7 Å². The van der Waals surface area contributed by atoms with Crippen LogP contribution in [0.4, 0.5) is 5.82 Å². The molecule has 0 spiro atoms. The van der Waals surface area contributed by atoms with Crippen molar-refractivity contribution in [2.75, 3.05) is 18.4 Å². The molecule has 1 aliphatic carbocycles. The number of nitrogens with two attached hydrogens (primary N) is 1. The quantitative estimate of drug-likeness (QED) is 0.439. The lowest BCUT2D eigenvalue weighted by molar-refractivity contribution is 0.878. The Morgan fingerprint density at radius 1 is 1.50 bits per heavy atom. The largest absolute Gasteiger partial charge is 0.370 e. The molecule has 1 aromatic heterocycles. The van der Waals surface area contributed by atoms with Gasteiger partial charge in [-0.15, -0.1) is 0 Å². The second-order valence-corrected chi connectivity index (χ2v) is 4.94. The summed E-state index contributed by atoms with van der Waals surface area (Å²) >= 11 is 11.7. The maximum absolute atomic E-state index is 5.97. The van der Waals surface area contributed by atoms with Crippen LogP contribution < -0.4 is 16.4 Å². The van der Waals surface area contributed by atoms with Crippen LogP contribution in [0.1, 0.15) is 12.8 Å². The van der Waals surface area contributed by atoms with Crippen molar-refractivity contribution < 1.29 is 0 Å². The summed E-state index contributed by atoms with van der Waals surface area (Å²) < 4.78 is 0. The summed E-state index contributed by atoms with van der Waals surface area (Å²) in [7, 11) is 0. The van der Waals surface area contributed by atoms with Gasteiger partial charge in [0, 0.05) is 18.8 Å². The number of aromatic nitrogens is 1. The number of halogens is 2. The highest BCUT2D eigenvalue weighted by molar-refractivity contribution is 6.35. The molecular formula is C11H15Cl2N5. The van der Waals surface area contributed by atoms with Gasteiger partial charge in [-0.05, 0) is 18.9 Å². The van der Waals surface area contributed by atoms with Crippen LogP contribution in [-0.4, -0.2) is 30.1 Å². The van der Waals surface area contributed by atoms with E-state index < -0.39 is 0 Å². The van der Waals surface area contributed by atoms with Crippen molar-refractivity contribution in [2.45, 2.75) is 18.9 Å². The van der Waals surface area contributed by atoms with Crippen LogP contribution in [0.15, 0.2) is 17.3 Å². The fourth-order valence-corrected chi connectivity index (χ4v) is 1.82. The lowest BCUT2D eigenvalue weighted by Crippen LogP contribution is -2.33. The number of nitrogens with zero attached hydrogens (tertiary/aromatic N) is 2. The predicted octanol–water partition coefficient (Wildman–Crippen LogP) is 1.87. The Kier molecular flexibility index (Phi) is 4.49. The van der Waals surface area contributed by atoms with Crippen LogP contribution in [0.3, 0.4) is 0 Å². The molecule has 0 radical (unpaired) electrons. The van der Waals surface area contributed by atoms with E-state index in [1.54, 1.807) is 12.3 Å². The molecule has 0 bridgehead atoms. The van der Waals surface area contributed by atoms with Crippen LogP contribution in [0.25, 0.3) is 0 Å². The average molecular weight is 288 g/mol. The van der Waals surface area contributed by atoms with Gasteiger partial charge < -0.3 is 16.4 Å². The van der Waals surface area contributed by atoms with Gasteiger partial charge in [-0.1, -0.05) is 23.2 Å². The molecule has 0 saturated heterocycles. The molecule has 7 heteroatoms. The van der Waals surface area contributed by atoms with Gasteiger partial charge in [0.2, 0.25) is 0 Å². The Balaban J connectivity index is 1.74. The van der Waals surface area contributed by atoms with E-state index in [1.807, 2.05) is 0 Å². The van der Waals surface area contributed by atoms with E-state index in [0.29, 0.717) is 41.0 Å². The zero-order valence-corrected chi connectivity index (χ0v) is 11.3. The summed E-state index contributed by atoms with van der Waals surface area (Å²) in [6.45, 7) is 1.17. The zero-order valence-electron chi connectivity index (χ0n) is 9.79. The van der Waals surface area contributed by atoms with E-state index in [2.05, 4.69) is 20.6 Å². The topological polar surface area (TPSA) is 75.3 Å². The number of aliphatic imine (C=N–C) groups is 1. The Morgan fingerprint density at radius 3 is 2.94 bits per heavy atom. The smallest absolute Gasteiger partial charge is 0.188 e. The number of pyridine rings is 1. The summed E-state index contributed by atoms with van der Waals surface area (Å²) in [5.41, 5.74) is 5.70. The van der Waals surface area contributed by atoms with Gasteiger partial charge in [-0.2, -0.15) is 0 Å². The highest BCUT2D eigenvalue weighted by atomic mass is 35.5. The molecule has 4 N–H and O–H groups in total. The van der Waals surface area contributed by atoms with Crippen molar-refractivity contribution >= 4 is 35.0 Å². The molecule has 5 nitrogen and oxygen atoms in total. The lowest BCUT2D eigenvalue weighted by Gasteiger charge is -2.06. The molecule has 0 amide bonds. The third-order valence-corrected chi connectivity index (χ3v) is 2.92. The molecule has 1 saturated carbocycles. The fourth-order valence-electron chi connectivity index (χ4n) is 1.38. The molecule has 0 aliphatic heterocycles. The molecule has 2 rings (SSSR count). The third kappa shape index (κ3) is 4.23. The van der Waals surface area contributed by atoms with E-state index in [-0.39, 0.29) is 0 Å². The number of anilines is 1.